The first-order valence-electron chi connectivity index (χ1n) is 10.6. The number of nitrogens with zero attached hydrogens (tertiary/aromatic N) is 5. The van der Waals surface area contributed by atoms with Crippen LogP contribution in [0.2, 0.25) is 0 Å². The van der Waals surface area contributed by atoms with Crippen molar-refractivity contribution in [1.82, 2.24) is 29.7 Å². The number of hydrogen-bond donors (Lipinski definition) is 1. The van der Waals surface area contributed by atoms with Crippen LogP contribution >= 0.6 is 12.2 Å². The summed E-state index contributed by atoms with van der Waals surface area (Å²) in [5.74, 6) is 0. The number of rotatable bonds is 7. The fourth-order valence-corrected chi connectivity index (χ4v) is 4.67. The Bertz CT molecular complexity index is 1030. The van der Waals surface area contributed by atoms with Gasteiger partial charge < -0.3 is 19.7 Å². The van der Waals surface area contributed by atoms with Gasteiger partial charge in [-0.2, -0.15) is 0 Å². The van der Waals surface area contributed by atoms with E-state index in [1.165, 1.54) is 22.5 Å². The first kappa shape index (κ1) is 21.5. The lowest BCUT2D eigenvalue weighted by molar-refractivity contribution is 0.277. The highest BCUT2D eigenvalue weighted by atomic mass is 32.1. The van der Waals surface area contributed by atoms with Crippen molar-refractivity contribution in [3.63, 3.8) is 0 Å². The van der Waals surface area contributed by atoms with E-state index < -0.39 is 0 Å². The second-order valence-electron chi connectivity index (χ2n) is 8.40. The number of thiocarbonyl (C=S) groups is 1. The van der Waals surface area contributed by atoms with Gasteiger partial charge in [0.25, 0.3) is 0 Å². The normalized spacial score (nSPS) is 18.6. The second-order valence-corrected chi connectivity index (χ2v) is 8.78. The van der Waals surface area contributed by atoms with Gasteiger partial charge in [-0.25, -0.2) is 0 Å². The third-order valence-electron chi connectivity index (χ3n) is 5.98. The van der Waals surface area contributed by atoms with Crippen molar-refractivity contribution in [2.75, 3.05) is 27.2 Å². The molecule has 1 fully saturated rings. The molecule has 3 aromatic rings. The van der Waals surface area contributed by atoms with Crippen LogP contribution in [0.3, 0.4) is 0 Å². The minimum atomic E-state index is 0.0169. The van der Waals surface area contributed by atoms with Gasteiger partial charge in [0.2, 0.25) is 0 Å². The Balaban J connectivity index is 1.73. The van der Waals surface area contributed by atoms with E-state index in [4.69, 9.17) is 12.2 Å². The Morgan fingerprint density at radius 2 is 1.97 bits per heavy atom. The van der Waals surface area contributed by atoms with Gasteiger partial charge in [-0.15, -0.1) is 0 Å². The average molecular weight is 435 g/mol. The zero-order valence-electron chi connectivity index (χ0n) is 18.6. The number of nitrogens with one attached hydrogen (secondary N) is 1. The molecule has 1 saturated heterocycles. The lowest BCUT2D eigenvalue weighted by Gasteiger charge is -2.29. The first-order chi connectivity index (χ1) is 15.0. The van der Waals surface area contributed by atoms with Gasteiger partial charge in [0, 0.05) is 49.6 Å². The monoisotopic (exact) mass is 434 g/mol. The van der Waals surface area contributed by atoms with Gasteiger partial charge in [0.1, 0.15) is 0 Å². The van der Waals surface area contributed by atoms with Crippen LogP contribution in [0.15, 0.2) is 55.0 Å². The minimum absolute atomic E-state index is 0.0169. The standard InChI is InChI=1S/C24H30N6S/c1-17-14-20(18(2)30(17)16-19-8-7-10-25-15-19)23-22(21-9-5-6-11-26-21)27-24(31)29(23)13-12-28(3)4/h5-11,14-15,22-23H,12-13,16H2,1-4H3,(H,27,31)/t22-,23-/m1/s1. The fraction of sp³-hybridized carbons (Fsp3) is 0.375. The molecule has 0 aliphatic carbocycles. The Kier molecular flexibility index (Phi) is 6.34. The van der Waals surface area contributed by atoms with E-state index in [2.05, 4.69) is 75.8 Å². The highest BCUT2D eigenvalue weighted by molar-refractivity contribution is 7.80. The molecular formula is C24H30N6S. The summed E-state index contributed by atoms with van der Waals surface area (Å²) < 4.78 is 2.37. The minimum Gasteiger partial charge on any atom is -0.352 e. The smallest absolute Gasteiger partial charge is 0.170 e. The SMILES string of the molecule is Cc1cc([C@@H]2[C@@H](c3ccccn3)NC(=S)N2CCN(C)C)c(C)n1Cc1cccnc1. The molecule has 6 nitrogen and oxygen atoms in total. The maximum atomic E-state index is 5.79. The highest BCUT2D eigenvalue weighted by Gasteiger charge is 2.41. The molecule has 3 aromatic heterocycles. The molecular weight excluding hydrogens is 404 g/mol. The molecule has 0 bridgehead atoms. The molecule has 162 valence electrons. The van der Waals surface area contributed by atoms with Gasteiger partial charge in [-0.1, -0.05) is 12.1 Å². The number of aryl methyl sites for hydroxylation is 1. The van der Waals surface area contributed by atoms with Crippen LogP contribution in [0.1, 0.15) is 40.3 Å². The van der Waals surface area contributed by atoms with Crippen LogP contribution in [0.5, 0.6) is 0 Å². The molecule has 0 unspecified atom stereocenters. The predicted molar refractivity (Wildman–Crippen MR) is 128 cm³/mol. The van der Waals surface area contributed by atoms with Crippen molar-refractivity contribution >= 4 is 17.3 Å². The molecule has 0 saturated carbocycles. The van der Waals surface area contributed by atoms with Crippen molar-refractivity contribution in [3.05, 3.63) is 83.2 Å². The highest BCUT2D eigenvalue weighted by Crippen LogP contribution is 2.40. The third-order valence-corrected chi connectivity index (χ3v) is 6.33. The Hall–Kier alpha value is -2.77. The van der Waals surface area contributed by atoms with E-state index in [-0.39, 0.29) is 12.1 Å². The molecule has 1 aliphatic rings. The van der Waals surface area contributed by atoms with Crippen LogP contribution in [0.25, 0.3) is 0 Å². The van der Waals surface area contributed by atoms with Crippen LogP contribution in [-0.2, 0) is 6.54 Å². The van der Waals surface area contributed by atoms with Crippen LogP contribution in [0.4, 0.5) is 0 Å². The van der Waals surface area contributed by atoms with Crippen LogP contribution in [-0.4, -0.2) is 56.6 Å². The lowest BCUT2D eigenvalue weighted by Crippen LogP contribution is -2.35. The van der Waals surface area contributed by atoms with E-state index in [9.17, 15) is 0 Å². The summed E-state index contributed by atoms with van der Waals surface area (Å²) >= 11 is 5.79. The van der Waals surface area contributed by atoms with Gasteiger partial charge in [-0.05, 0) is 75.6 Å². The van der Waals surface area contributed by atoms with E-state index in [1.807, 2.05) is 36.8 Å². The summed E-state index contributed by atoms with van der Waals surface area (Å²) in [7, 11) is 4.19. The average Bonchev–Trinajstić information content (AvgIpc) is 3.24. The molecule has 1 aliphatic heterocycles. The summed E-state index contributed by atoms with van der Waals surface area (Å²) in [5.41, 5.74) is 6.00. The van der Waals surface area contributed by atoms with E-state index in [1.54, 1.807) is 0 Å². The third kappa shape index (κ3) is 4.48. The maximum absolute atomic E-state index is 5.79. The number of likely N-dealkylation sites (N-methyl/N-ethyl adjacent to an activating group) is 1. The topological polar surface area (TPSA) is 49.2 Å². The van der Waals surface area contributed by atoms with Crippen molar-refractivity contribution in [1.29, 1.82) is 0 Å². The molecule has 4 heterocycles. The molecule has 0 amide bonds. The van der Waals surface area contributed by atoms with Gasteiger partial charge in [0.05, 0.1) is 17.8 Å². The zero-order valence-corrected chi connectivity index (χ0v) is 19.4. The van der Waals surface area contributed by atoms with Crippen molar-refractivity contribution in [3.8, 4) is 0 Å². The lowest BCUT2D eigenvalue weighted by atomic mass is 9.97. The molecule has 31 heavy (non-hydrogen) atoms. The fourth-order valence-electron chi connectivity index (χ4n) is 4.34. The van der Waals surface area contributed by atoms with Crippen LogP contribution in [0, 0.1) is 13.8 Å². The number of hydrogen-bond acceptors (Lipinski definition) is 4. The number of pyridine rings is 2. The van der Waals surface area contributed by atoms with Gasteiger partial charge in [-0.3, -0.25) is 9.97 Å². The molecule has 0 spiro atoms. The van der Waals surface area contributed by atoms with Crippen molar-refractivity contribution in [2.45, 2.75) is 32.5 Å². The van der Waals surface area contributed by atoms with E-state index in [0.717, 1.165) is 30.4 Å². The first-order valence-corrected chi connectivity index (χ1v) is 11.0. The largest absolute Gasteiger partial charge is 0.352 e. The maximum Gasteiger partial charge on any atom is 0.170 e. The van der Waals surface area contributed by atoms with Crippen molar-refractivity contribution < 1.29 is 0 Å². The Morgan fingerprint density at radius 1 is 1.13 bits per heavy atom. The molecule has 0 radical (unpaired) electrons. The van der Waals surface area contributed by atoms with Gasteiger partial charge in [0.15, 0.2) is 5.11 Å². The summed E-state index contributed by atoms with van der Waals surface area (Å²) in [6.45, 7) is 6.98. The molecule has 4 rings (SSSR count). The van der Waals surface area contributed by atoms with Crippen LogP contribution < -0.4 is 5.32 Å². The van der Waals surface area contributed by atoms with E-state index >= 15 is 0 Å². The summed E-state index contributed by atoms with van der Waals surface area (Å²) in [4.78, 5) is 13.4. The molecule has 1 N–H and O–H groups in total. The predicted octanol–water partition coefficient (Wildman–Crippen LogP) is 3.48. The van der Waals surface area contributed by atoms with E-state index in [0.29, 0.717) is 0 Å². The Morgan fingerprint density at radius 3 is 2.65 bits per heavy atom. The zero-order chi connectivity index (χ0) is 22.0. The molecule has 2 atom stereocenters. The van der Waals surface area contributed by atoms with Gasteiger partial charge >= 0.3 is 0 Å². The summed E-state index contributed by atoms with van der Waals surface area (Å²) in [5, 5.41) is 4.35. The quantitative estimate of drug-likeness (QED) is 0.575. The van der Waals surface area contributed by atoms with Crippen molar-refractivity contribution in [2.24, 2.45) is 0 Å². The summed E-state index contributed by atoms with van der Waals surface area (Å²) in [6.07, 6.45) is 5.60. The molecule has 7 heteroatoms. The summed E-state index contributed by atoms with van der Waals surface area (Å²) in [6, 6.07) is 12.6. The molecule has 0 aromatic carbocycles. The second kappa shape index (κ2) is 9.16. The number of aromatic nitrogens is 3. The Labute approximate surface area is 189 Å².